The predicted molar refractivity (Wildman–Crippen MR) is 82.9 cm³/mol. The van der Waals surface area contributed by atoms with Gasteiger partial charge in [0.2, 0.25) is 0 Å². The number of nitro benzene ring substituents is 1. The molecule has 0 aliphatic rings. The van der Waals surface area contributed by atoms with Crippen molar-refractivity contribution in [2.75, 3.05) is 7.05 Å². The van der Waals surface area contributed by atoms with E-state index in [4.69, 9.17) is 11.6 Å². The highest BCUT2D eigenvalue weighted by atomic mass is 35.5. The molecule has 2 rings (SSSR count). The van der Waals surface area contributed by atoms with E-state index in [0.29, 0.717) is 16.3 Å². The Labute approximate surface area is 132 Å². The zero-order chi connectivity index (χ0) is 16.3. The topological polar surface area (TPSA) is 76.3 Å². The van der Waals surface area contributed by atoms with Crippen LogP contribution in [0.1, 0.15) is 28.9 Å². The average molecular weight is 320 g/mol. The SMILES string of the molecule is C[C@@H](c1cccc([N+](=O)[O-])c1)N(C)C(=O)c1ccc(Cl)nc1. The van der Waals surface area contributed by atoms with Crippen LogP contribution in [0, 0.1) is 10.1 Å². The number of nitrogens with zero attached hydrogens (tertiary/aromatic N) is 3. The zero-order valence-corrected chi connectivity index (χ0v) is 12.8. The highest BCUT2D eigenvalue weighted by Crippen LogP contribution is 2.24. The molecule has 1 amide bonds. The fourth-order valence-corrected chi connectivity index (χ4v) is 2.12. The summed E-state index contributed by atoms with van der Waals surface area (Å²) in [6.07, 6.45) is 1.40. The Bertz CT molecular complexity index is 703. The molecule has 2 aromatic rings. The van der Waals surface area contributed by atoms with Crippen LogP contribution in [-0.4, -0.2) is 27.8 Å². The summed E-state index contributed by atoms with van der Waals surface area (Å²) in [5, 5.41) is 11.1. The van der Waals surface area contributed by atoms with E-state index in [1.54, 1.807) is 38.2 Å². The van der Waals surface area contributed by atoms with Gasteiger partial charge < -0.3 is 4.90 Å². The van der Waals surface area contributed by atoms with Crippen molar-refractivity contribution in [2.24, 2.45) is 0 Å². The van der Waals surface area contributed by atoms with Crippen LogP contribution in [0.2, 0.25) is 5.15 Å². The molecule has 6 nitrogen and oxygen atoms in total. The van der Waals surface area contributed by atoms with E-state index in [9.17, 15) is 14.9 Å². The first kappa shape index (κ1) is 15.9. The Balaban J connectivity index is 2.22. The van der Waals surface area contributed by atoms with E-state index in [1.807, 2.05) is 0 Å². The Morgan fingerprint density at radius 1 is 1.36 bits per heavy atom. The summed E-state index contributed by atoms with van der Waals surface area (Å²) in [7, 11) is 1.64. The number of rotatable bonds is 4. The number of halogens is 1. The molecule has 0 unspecified atom stereocenters. The van der Waals surface area contributed by atoms with Gasteiger partial charge in [0.1, 0.15) is 5.15 Å². The zero-order valence-electron chi connectivity index (χ0n) is 12.1. The van der Waals surface area contributed by atoms with Crippen molar-refractivity contribution in [1.29, 1.82) is 0 Å². The van der Waals surface area contributed by atoms with Gasteiger partial charge in [-0.2, -0.15) is 0 Å². The maximum absolute atomic E-state index is 12.4. The first-order valence-electron chi connectivity index (χ1n) is 6.53. The number of amides is 1. The lowest BCUT2D eigenvalue weighted by atomic mass is 10.1. The maximum Gasteiger partial charge on any atom is 0.269 e. The number of aromatic nitrogens is 1. The Kier molecular flexibility index (Phi) is 4.72. The van der Waals surface area contributed by atoms with Gasteiger partial charge in [-0.3, -0.25) is 14.9 Å². The maximum atomic E-state index is 12.4. The van der Waals surface area contributed by atoms with Crippen molar-refractivity contribution < 1.29 is 9.72 Å². The van der Waals surface area contributed by atoms with Crippen LogP contribution in [0.3, 0.4) is 0 Å². The number of pyridine rings is 1. The summed E-state index contributed by atoms with van der Waals surface area (Å²) in [5.41, 5.74) is 1.09. The van der Waals surface area contributed by atoms with E-state index in [1.165, 1.54) is 23.2 Å². The van der Waals surface area contributed by atoms with Crippen LogP contribution in [0.15, 0.2) is 42.6 Å². The predicted octanol–water partition coefficient (Wildman–Crippen LogP) is 3.48. The summed E-state index contributed by atoms with van der Waals surface area (Å²) >= 11 is 5.70. The lowest BCUT2D eigenvalue weighted by Crippen LogP contribution is -2.29. The quantitative estimate of drug-likeness (QED) is 0.491. The second-order valence-corrected chi connectivity index (χ2v) is 5.20. The van der Waals surface area contributed by atoms with Gasteiger partial charge >= 0.3 is 0 Å². The molecule has 22 heavy (non-hydrogen) atoms. The minimum atomic E-state index is -0.457. The Hall–Kier alpha value is -2.47. The van der Waals surface area contributed by atoms with E-state index < -0.39 is 4.92 Å². The van der Waals surface area contributed by atoms with Crippen LogP contribution in [0.4, 0.5) is 5.69 Å². The normalized spacial score (nSPS) is 11.8. The summed E-state index contributed by atoms with van der Waals surface area (Å²) in [4.78, 5) is 28.2. The largest absolute Gasteiger partial charge is 0.335 e. The van der Waals surface area contributed by atoms with Crippen molar-refractivity contribution in [1.82, 2.24) is 9.88 Å². The molecule has 1 heterocycles. The minimum absolute atomic E-state index is 0.00152. The number of hydrogen-bond donors (Lipinski definition) is 0. The molecule has 7 heteroatoms. The molecule has 0 bridgehead atoms. The van der Waals surface area contributed by atoms with Crippen molar-refractivity contribution in [3.8, 4) is 0 Å². The smallest absolute Gasteiger partial charge is 0.269 e. The molecule has 0 aliphatic carbocycles. The second-order valence-electron chi connectivity index (χ2n) is 4.81. The third-order valence-corrected chi connectivity index (χ3v) is 3.66. The monoisotopic (exact) mass is 319 g/mol. The fourth-order valence-electron chi connectivity index (χ4n) is 2.00. The molecule has 1 aromatic carbocycles. The summed E-state index contributed by atoms with van der Waals surface area (Å²) in [6.45, 7) is 1.81. The van der Waals surface area contributed by atoms with Gasteiger partial charge in [-0.15, -0.1) is 0 Å². The van der Waals surface area contributed by atoms with Crippen LogP contribution in [0.5, 0.6) is 0 Å². The lowest BCUT2D eigenvalue weighted by molar-refractivity contribution is -0.384. The highest BCUT2D eigenvalue weighted by molar-refractivity contribution is 6.29. The molecular weight excluding hydrogens is 306 g/mol. The number of non-ortho nitro benzene ring substituents is 1. The molecule has 0 aliphatic heterocycles. The van der Waals surface area contributed by atoms with Gasteiger partial charge in [-0.05, 0) is 24.6 Å². The number of nitro groups is 1. The van der Waals surface area contributed by atoms with E-state index in [0.717, 1.165) is 0 Å². The average Bonchev–Trinajstić information content (AvgIpc) is 2.53. The fraction of sp³-hybridized carbons (Fsp3) is 0.200. The van der Waals surface area contributed by atoms with Gasteiger partial charge in [0.15, 0.2) is 0 Å². The number of carbonyl (C=O) groups is 1. The van der Waals surface area contributed by atoms with Gasteiger partial charge in [-0.1, -0.05) is 23.7 Å². The summed E-state index contributed by atoms with van der Waals surface area (Å²) < 4.78 is 0. The molecule has 0 spiro atoms. The third kappa shape index (κ3) is 3.40. The first-order valence-corrected chi connectivity index (χ1v) is 6.91. The van der Waals surface area contributed by atoms with Crippen molar-refractivity contribution in [3.05, 3.63) is 69.0 Å². The van der Waals surface area contributed by atoms with Gasteiger partial charge in [0.05, 0.1) is 16.5 Å². The van der Waals surface area contributed by atoms with Crippen LogP contribution in [0.25, 0.3) is 0 Å². The first-order chi connectivity index (χ1) is 10.4. The van der Waals surface area contributed by atoms with Gasteiger partial charge in [-0.25, -0.2) is 4.98 Å². The van der Waals surface area contributed by atoms with Crippen molar-refractivity contribution >= 4 is 23.2 Å². The van der Waals surface area contributed by atoms with Gasteiger partial charge in [0.25, 0.3) is 11.6 Å². The Morgan fingerprint density at radius 3 is 2.68 bits per heavy atom. The second kappa shape index (κ2) is 6.53. The molecule has 1 aromatic heterocycles. The number of carbonyl (C=O) groups excluding carboxylic acids is 1. The van der Waals surface area contributed by atoms with Crippen molar-refractivity contribution in [2.45, 2.75) is 13.0 Å². The molecule has 114 valence electrons. The minimum Gasteiger partial charge on any atom is -0.335 e. The molecular formula is C15H14ClN3O3. The van der Waals surface area contributed by atoms with E-state index >= 15 is 0 Å². The van der Waals surface area contributed by atoms with Crippen LogP contribution < -0.4 is 0 Å². The third-order valence-electron chi connectivity index (χ3n) is 3.44. The summed E-state index contributed by atoms with van der Waals surface area (Å²) in [6, 6.07) is 9.06. The van der Waals surface area contributed by atoms with Crippen LogP contribution in [-0.2, 0) is 0 Å². The molecule has 0 radical (unpaired) electrons. The number of benzene rings is 1. The van der Waals surface area contributed by atoms with E-state index in [-0.39, 0.29) is 17.6 Å². The van der Waals surface area contributed by atoms with Crippen molar-refractivity contribution in [3.63, 3.8) is 0 Å². The van der Waals surface area contributed by atoms with Gasteiger partial charge in [0, 0.05) is 25.4 Å². The molecule has 0 saturated heterocycles. The van der Waals surface area contributed by atoms with E-state index in [2.05, 4.69) is 4.98 Å². The highest BCUT2D eigenvalue weighted by Gasteiger charge is 2.20. The molecule has 0 N–H and O–H groups in total. The molecule has 1 atom stereocenters. The number of hydrogen-bond acceptors (Lipinski definition) is 4. The molecule has 0 saturated carbocycles. The Morgan fingerprint density at radius 2 is 2.09 bits per heavy atom. The lowest BCUT2D eigenvalue weighted by Gasteiger charge is -2.25. The molecule has 0 fully saturated rings. The summed E-state index contributed by atoms with van der Waals surface area (Å²) in [5.74, 6) is -0.233. The standard InChI is InChI=1S/C15H14ClN3O3/c1-10(11-4-3-5-13(8-11)19(21)22)18(2)15(20)12-6-7-14(16)17-9-12/h3-10H,1-2H3/t10-/m0/s1. The van der Waals surface area contributed by atoms with Crippen LogP contribution >= 0.6 is 11.6 Å².